The van der Waals surface area contributed by atoms with Gasteiger partial charge >= 0.3 is 0 Å². The van der Waals surface area contributed by atoms with Gasteiger partial charge < -0.3 is 15.8 Å². The van der Waals surface area contributed by atoms with Crippen LogP contribution in [0.2, 0.25) is 5.02 Å². The molecule has 0 spiro atoms. The second-order valence-electron chi connectivity index (χ2n) is 8.39. The molecule has 32 heavy (non-hydrogen) atoms. The molecule has 0 bridgehead atoms. The van der Waals surface area contributed by atoms with Gasteiger partial charge in [-0.05, 0) is 38.0 Å². The van der Waals surface area contributed by atoms with E-state index in [0.29, 0.717) is 23.9 Å². The molecule has 2 aliphatic rings. The summed E-state index contributed by atoms with van der Waals surface area (Å²) in [6.07, 6.45) is 5.41. The van der Waals surface area contributed by atoms with E-state index in [1.807, 2.05) is 53.9 Å². The van der Waals surface area contributed by atoms with Crippen molar-refractivity contribution in [2.75, 3.05) is 18.5 Å². The van der Waals surface area contributed by atoms with E-state index < -0.39 is 5.54 Å². The van der Waals surface area contributed by atoms with E-state index in [-0.39, 0.29) is 24.3 Å². The number of nitrogens with two attached hydrogens (primary N) is 1. The van der Waals surface area contributed by atoms with Crippen molar-refractivity contribution in [2.45, 2.75) is 37.8 Å². The van der Waals surface area contributed by atoms with Gasteiger partial charge in [0.1, 0.15) is 11.5 Å². The van der Waals surface area contributed by atoms with Crippen LogP contribution < -0.4 is 11.1 Å². The van der Waals surface area contributed by atoms with E-state index in [9.17, 15) is 4.79 Å². The molecule has 2 aromatic heterocycles. The number of fused-ring (bicyclic) bond motifs is 1. The first-order chi connectivity index (χ1) is 15.5. The van der Waals surface area contributed by atoms with Crippen molar-refractivity contribution in [3.8, 4) is 0 Å². The fourth-order valence-corrected chi connectivity index (χ4v) is 4.93. The SMILES string of the molecule is C[C@@]1(c2cccc(Nc3cnc4ccccn34)c2Cl)CC(=O)N(C2CCOCC2)C(N)=N1. The van der Waals surface area contributed by atoms with Gasteiger partial charge in [0, 0.05) is 31.0 Å². The van der Waals surface area contributed by atoms with Crippen LogP contribution in [0.25, 0.3) is 5.65 Å². The molecule has 0 aliphatic carbocycles. The average Bonchev–Trinajstić information content (AvgIpc) is 3.18. The maximum Gasteiger partial charge on any atom is 0.232 e. The molecule has 0 unspecified atom stereocenters. The summed E-state index contributed by atoms with van der Waals surface area (Å²) in [5.41, 5.74) is 7.76. The highest BCUT2D eigenvalue weighted by molar-refractivity contribution is 6.34. The predicted octanol–water partition coefficient (Wildman–Crippen LogP) is 3.67. The molecule has 4 heterocycles. The Morgan fingerprint density at radius 1 is 1.22 bits per heavy atom. The number of pyridine rings is 1. The highest BCUT2D eigenvalue weighted by atomic mass is 35.5. The van der Waals surface area contributed by atoms with E-state index in [0.717, 1.165) is 29.9 Å². The largest absolute Gasteiger partial charge is 0.381 e. The number of nitrogens with zero attached hydrogens (tertiary/aromatic N) is 4. The van der Waals surface area contributed by atoms with Gasteiger partial charge in [-0.3, -0.25) is 14.1 Å². The maximum atomic E-state index is 13.1. The van der Waals surface area contributed by atoms with Crippen LogP contribution in [0.3, 0.4) is 0 Å². The average molecular weight is 453 g/mol. The molecule has 1 fully saturated rings. The van der Waals surface area contributed by atoms with Crippen LogP contribution in [-0.2, 0) is 15.1 Å². The molecule has 1 aromatic carbocycles. The number of anilines is 2. The Bertz CT molecular complexity index is 1200. The third-order valence-electron chi connectivity index (χ3n) is 6.19. The van der Waals surface area contributed by atoms with E-state index >= 15 is 0 Å². The van der Waals surface area contributed by atoms with E-state index in [2.05, 4.69) is 10.3 Å². The van der Waals surface area contributed by atoms with Gasteiger partial charge in [-0.1, -0.05) is 29.8 Å². The number of amides is 1. The van der Waals surface area contributed by atoms with Gasteiger partial charge in [0.2, 0.25) is 5.91 Å². The van der Waals surface area contributed by atoms with Crippen molar-refractivity contribution in [3.63, 3.8) is 0 Å². The second kappa shape index (κ2) is 8.11. The van der Waals surface area contributed by atoms with Crippen LogP contribution in [0, 0.1) is 0 Å². The first-order valence-corrected chi connectivity index (χ1v) is 11.1. The monoisotopic (exact) mass is 452 g/mol. The number of benzene rings is 1. The lowest BCUT2D eigenvalue weighted by molar-refractivity contribution is -0.132. The molecular formula is C23H25ClN6O2. The number of guanidine groups is 1. The topological polar surface area (TPSA) is 97.2 Å². The summed E-state index contributed by atoms with van der Waals surface area (Å²) in [6.45, 7) is 3.15. The Morgan fingerprint density at radius 3 is 2.81 bits per heavy atom. The van der Waals surface area contributed by atoms with Crippen LogP contribution in [0.4, 0.5) is 11.5 Å². The number of carbonyl (C=O) groups excluding carboxylic acids is 1. The number of halogens is 1. The molecule has 9 heteroatoms. The van der Waals surface area contributed by atoms with Crippen molar-refractivity contribution in [1.29, 1.82) is 0 Å². The van der Waals surface area contributed by atoms with E-state index in [1.165, 1.54) is 0 Å². The number of nitrogens with one attached hydrogen (secondary N) is 1. The summed E-state index contributed by atoms with van der Waals surface area (Å²) in [5, 5.41) is 3.86. The molecule has 1 saturated heterocycles. The van der Waals surface area contributed by atoms with Crippen LogP contribution >= 0.6 is 11.6 Å². The molecule has 2 aliphatic heterocycles. The summed E-state index contributed by atoms with van der Waals surface area (Å²) in [6, 6.07) is 11.5. The smallest absolute Gasteiger partial charge is 0.232 e. The zero-order valence-electron chi connectivity index (χ0n) is 17.8. The normalized spacial score (nSPS) is 22.2. The highest BCUT2D eigenvalue weighted by Gasteiger charge is 2.41. The molecule has 1 atom stereocenters. The Hall–Kier alpha value is -3.10. The van der Waals surface area contributed by atoms with Crippen LogP contribution in [0.15, 0.2) is 53.8 Å². The van der Waals surface area contributed by atoms with Gasteiger partial charge in [0.25, 0.3) is 0 Å². The lowest BCUT2D eigenvalue weighted by Crippen LogP contribution is -2.55. The first-order valence-electron chi connectivity index (χ1n) is 10.7. The summed E-state index contributed by atoms with van der Waals surface area (Å²) in [7, 11) is 0. The minimum atomic E-state index is -0.850. The van der Waals surface area contributed by atoms with Crippen molar-refractivity contribution >= 4 is 40.6 Å². The Kier molecular flexibility index (Phi) is 5.27. The molecule has 166 valence electrons. The number of imidazole rings is 1. The van der Waals surface area contributed by atoms with Gasteiger partial charge in [-0.15, -0.1) is 0 Å². The zero-order valence-corrected chi connectivity index (χ0v) is 18.5. The molecule has 3 N–H and O–H groups in total. The Morgan fingerprint density at radius 2 is 2.03 bits per heavy atom. The molecule has 0 saturated carbocycles. The van der Waals surface area contributed by atoms with Crippen LogP contribution in [0.5, 0.6) is 0 Å². The number of aromatic nitrogens is 2. The molecule has 3 aromatic rings. The fourth-order valence-electron chi connectivity index (χ4n) is 4.55. The zero-order chi connectivity index (χ0) is 22.3. The minimum absolute atomic E-state index is 0.0307. The fraction of sp³-hybridized carbons (Fsp3) is 0.348. The molecule has 0 radical (unpaired) electrons. The number of rotatable bonds is 4. The second-order valence-corrected chi connectivity index (χ2v) is 8.77. The standard InChI is InChI=1S/C23H25ClN6O2/c1-23(13-20(31)30(22(25)28-23)15-8-11-32-12-9-15)16-5-4-6-17(21(16)24)27-19-14-26-18-7-2-3-10-29(18)19/h2-7,10,14-15,27H,8-9,11-13H2,1H3,(H2,25,28)/t23-/m0/s1. The quantitative estimate of drug-likeness (QED) is 0.629. The van der Waals surface area contributed by atoms with Gasteiger partial charge in [-0.25, -0.2) is 9.98 Å². The summed E-state index contributed by atoms with van der Waals surface area (Å²) in [4.78, 5) is 24.0. The van der Waals surface area contributed by atoms with Gasteiger partial charge in [0.05, 0.1) is 28.9 Å². The van der Waals surface area contributed by atoms with Crippen molar-refractivity contribution in [1.82, 2.24) is 14.3 Å². The minimum Gasteiger partial charge on any atom is -0.381 e. The van der Waals surface area contributed by atoms with Crippen LogP contribution in [0.1, 0.15) is 31.7 Å². The molecule has 8 nitrogen and oxygen atoms in total. The van der Waals surface area contributed by atoms with E-state index in [1.54, 1.807) is 11.1 Å². The number of ether oxygens (including phenoxy) is 1. The Balaban J connectivity index is 1.47. The van der Waals surface area contributed by atoms with Crippen LogP contribution in [-0.4, -0.2) is 45.4 Å². The highest BCUT2D eigenvalue weighted by Crippen LogP contribution is 2.41. The summed E-state index contributed by atoms with van der Waals surface area (Å²) >= 11 is 6.84. The van der Waals surface area contributed by atoms with Gasteiger partial charge in [0.15, 0.2) is 5.96 Å². The molecule has 1 amide bonds. The lowest BCUT2D eigenvalue weighted by atomic mass is 9.86. The third kappa shape index (κ3) is 3.59. The Labute approximate surface area is 191 Å². The number of aliphatic imine (C=N–C) groups is 1. The lowest BCUT2D eigenvalue weighted by Gasteiger charge is -2.40. The molecular weight excluding hydrogens is 428 g/mol. The summed E-state index contributed by atoms with van der Waals surface area (Å²) < 4.78 is 7.36. The maximum absolute atomic E-state index is 13.1. The summed E-state index contributed by atoms with van der Waals surface area (Å²) in [5.74, 6) is 0.994. The third-order valence-corrected chi connectivity index (χ3v) is 6.59. The first kappa shape index (κ1) is 20.8. The van der Waals surface area contributed by atoms with Gasteiger partial charge in [-0.2, -0.15) is 0 Å². The number of hydrogen-bond donors (Lipinski definition) is 2. The van der Waals surface area contributed by atoms with Crippen molar-refractivity contribution in [2.24, 2.45) is 10.7 Å². The number of hydrogen-bond acceptors (Lipinski definition) is 6. The number of carbonyl (C=O) groups is 1. The molecule has 5 rings (SSSR count). The predicted molar refractivity (Wildman–Crippen MR) is 124 cm³/mol. The van der Waals surface area contributed by atoms with Crippen molar-refractivity contribution < 1.29 is 9.53 Å². The van der Waals surface area contributed by atoms with Crippen molar-refractivity contribution in [3.05, 3.63) is 59.4 Å². The van der Waals surface area contributed by atoms with E-state index in [4.69, 9.17) is 27.1 Å².